The zero-order valence-corrected chi connectivity index (χ0v) is 20.9. The molecule has 36 heavy (non-hydrogen) atoms. The van der Waals surface area contributed by atoms with Crippen LogP contribution in [0.15, 0.2) is 42.7 Å². The number of aliphatic carboxylic acids is 1. The molecule has 4 rings (SSSR count). The number of halogens is 2. The van der Waals surface area contributed by atoms with Gasteiger partial charge < -0.3 is 14.7 Å². The number of aryl methyl sites for hydroxylation is 1. The molecular formula is C28H31F2N3O3. The van der Waals surface area contributed by atoms with Crippen LogP contribution in [0.3, 0.4) is 0 Å². The highest BCUT2D eigenvalue weighted by Gasteiger charge is 2.29. The lowest BCUT2D eigenvalue weighted by molar-refractivity contribution is -0.136. The number of hydrogen-bond acceptors (Lipinski definition) is 5. The van der Waals surface area contributed by atoms with Crippen molar-refractivity contribution < 1.29 is 23.4 Å². The molecule has 1 N–H and O–H groups in total. The molecule has 3 aromatic rings. The van der Waals surface area contributed by atoms with Crippen molar-refractivity contribution >= 4 is 11.7 Å². The summed E-state index contributed by atoms with van der Waals surface area (Å²) in [6.07, 6.45) is 5.63. The van der Waals surface area contributed by atoms with Gasteiger partial charge in [-0.2, -0.15) is 0 Å². The Labute approximate surface area is 210 Å². The molecule has 1 aliphatic rings. The smallest absolute Gasteiger partial charge is 0.307 e. The van der Waals surface area contributed by atoms with Crippen molar-refractivity contribution in [2.24, 2.45) is 5.41 Å². The van der Waals surface area contributed by atoms with Gasteiger partial charge in [-0.3, -0.25) is 14.8 Å². The second-order valence-electron chi connectivity index (χ2n) is 10.1. The molecule has 1 saturated heterocycles. The minimum atomic E-state index is -0.898. The summed E-state index contributed by atoms with van der Waals surface area (Å²) in [6.45, 7) is 8.26. The SMILES string of the molecule is Cc1ncc(-c2ccc(OCCc3cc(F)cc(F)c3)cn2)c(N2CCC(C)(C)CC2)c1CC(=O)O. The molecule has 2 aromatic heterocycles. The third-order valence-electron chi connectivity index (χ3n) is 6.72. The van der Waals surface area contributed by atoms with Gasteiger partial charge in [-0.25, -0.2) is 8.78 Å². The van der Waals surface area contributed by atoms with E-state index in [1.165, 1.54) is 12.1 Å². The molecule has 1 aromatic carbocycles. The Balaban J connectivity index is 1.56. The summed E-state index contributed by atoms with van der Waals surface area (Å²) in [5.74, 6) is -1.59. The molecule has 190 valence electrons. The number of carbonyl (C=O) groups is 1. The second-order valence-corrected chi connectivity index (χ2v) is 10.1. The van der Waals surface area contributed by atoms with Crippen molar-refractivity contribution in [3.8, 4) is 17.0 Å². The van der Waals surface area contributed by atoms with Gasteiger partial charge in [0.1, 0.15) is 17.4 Å². The Morgan fingerprint density at radius 2 is 1.78 bits per heavy atom. The van der Waals surface area contributed by atoms with E-state index in [1.54, 1.807) is 18.5 Å². The first-order valence-electron chi connectivity index (χ1n) is 12.1. The van der Waals surface area contributed by atoms with E-state index in [4.69, 9.17) is 4.74 Å². The maximum atomic E-state index is 13.4. The number of carboxylic acid groups (broad SMARTS) is 1. The molecule has 8 heteroatoms. The fourth-order valence-electron chi connectivity index (χ4n) is 4.55. The molecule has 0 radical (unpaired) electrons. The van der Waals surface area contributed by atoms with Crippen LogP contribution < -0.4 is 9.64 Å². The number of rotatable bonds is 8. The molecular weight excluding hydrogens is 464 g/mol. The number of nitrogens with zero attached hydrogens (tertiary/aromatic N) is 3. The van der Waals surface area contributed by atoms with Crippen molar-refractivity contribution in [2.75, 3.05) is 24.6 Å². The van der Waals surface area contributed by atoms with Crippen molar-refractivity contribution in [1.29, 1.82) is 0 Å². The monoisotopic (exact) mass is 495 g/mol. The number of benzene rings is 1. The summed E-state index contributed by atoms with van der Waals surface area (Å²) in [7, 11) is 0. The molecule has 3 heterocycles. The first-order valence-corrected chi connectivity index (χ1v) is 12.1. The minimum Gasteiger partial charge on any atom is -0.492 e. The first-order chi connectivity index (χ1) is 17.1. The van der Waals surface area contributed by atoms with Crippen LogP contribution in [0.25, 0.3) is 11.3 Å². The third-order valence-corrected chi connectivity index (χ3v) is 6.72. The molecule has 0 unspecified atom stereocenters. The van der Waals surface area contributed by atoms with Crippen LogP contribution in [0.5, 0.6) is 5.75 Å². The van der Waals surface area contributed by atoms with Gasteiger partial charge in [0, 0.05) is 48.6 Å². The van der Waals surface area contributed by atoms with Gasteiger partial charge in [-0.05, 0) is 55.0 Å². The third kappa shape index (κ3) is 6.17. The van der Waals surface area contributed by atoms with Crippen LogP contribution in [0.1, 0.15) is 43.5 Å². The summed E-state index contributed by atoms with van der Waals surface area (Å²) in [6, 6.07) is 7.03. The lowest BCUT2D eigenvalue weighted by atomic mass is 9.82. The van der Waals surface area contributed by atoms with Crippen LogP contribution >= 0.6 is 0 Å². The standard InChI is InChI=1S/C28H31F2N3O3/c1-18-23(15-26(34)35)27(33-9-7-28(2,3)8-10-33)24(17-31-18)25-5-4-22(16-32-25)36-11-6-19-12-20(29)14-21(30)13-19/h4-5,12-14,16-17H,6-11,15H2,1-3H3,(H,34,35). The van der Waals surface area contributed by atoms with E-state index in [2.05, 4.69) is 28.7 Å². The highest BCUT2D eigenvalue weighted by Crippen LogP contribution is 2.39. The average molecular weight is 496 g/mol. The van der Waals surface area contributed by atoms with E-state index in [-0.39, 0.29) is 18.4 Å². The Bertz CT molecular complexity index is 1220. The summed E-state index contributed by atoms with van der Waals surface area (Å²) in [5, 5.41) is 9.57. The van der Waals surface area contributed by atoms with Crippen molar-refractivity contribution in [3.63, 3.8) is 0 Å². The number of aromatic nitrogens is 2. The molecule has 0 amide bonds. The fourth-order valence-corrected chi connectivity index (χ4v) is 4.55. The molecule has 6 nitrogen and oxygen atoms in total. The predicted molar refractivity (Wildman–Crippen MR) is 134 cm³/mol. The van der Waals surface area contributed by atoms with Crippen molar-refractivity contribution in [2.45, 2.75) is 46.5 Å². The van der Waals surface area contributed by atoms with E-state index in [9.17, 15) is 18.7 Å². The van der Waals surface area contributed by atoms with E-state index in [1.807, 2.05) is 13.0 Å². The van der Waals surface area contributed by atoms with Crippen molar-refractivity contribution in [3.05, 3.63) is 71.2 Å². The zero-order chi connectivity index (χ0) is 25.9. The molecule has 0 saturated carbocycles. The summed E-state index contributed by atoms with van der Waals surface area (Å²) < 4.78 is 32.5. The van der Waals surface area contributed by atoms with Gasteiger partial charge in [0.15, 0.2) is 0 Å². The first kappa shape index (κ1) is 25.5. The Kier molecular flexibility index (Phi) is 7.52. The molecule has 0 aliphatic carbocycles. The molecule has 0 spiro atoms. The predicted octanol–water partition coefficient (Wildman–Crippen LogP) is 5.61. The van der Waals surface area contributed by atoms with Crippen LogP contribution in [0, 0.1) is 24.0 Å². The Morgan fingerprint density at radius 1 is 1.08 bits per heavy atom. The fraction of sp³-hybridized carbons (Fsp3) is 0.393. The highest BCUT2D eigenvalue weighted by atomic mass is 19.1. The number of pyridine rings is 2. The lowest BCUT2D eigenvalue weighted by Crippen LogP contribution is -2.38. The van der Waals surface area contributed by atoms with Gasteiger partial charge in [0.2, 0.25) is 0 Å². The lowest BCUT2D eigenvalue weighted by Gasteiger charge is -2.40. The van der Waals surface area contributed by atoms with Crippen LogP contribution in [-0.4, -0.2) is 40.7 Å². The van der Waals surface area contributed by atoms with Gasteiger partial charge in [-0.15, -0.1) is 0 Å². The van der Waals surface area contributed by atoms with Crippen LogP contribution in [-0.2, 0) is 17.6 Å². The quantitative estimate of drug-likeness (QED) is 0.438. The maximum absolute atomic E-state index is 13.4. The Hall–Kier alpha value is -3.55. The minimum absolute atomic E-state index is 0.107. The topological polar surface area (TPSA) is 75.6 Å². The number of piperidine rings is 1. The second kappa shape index (κ2) is 10.6. The van der Waals surface area contributed by atoms with Gasteiger partial charge in [0.25, 0.3) is 0 Å². The number of anilines is 1. The van der Waals surface area contributed by atoms with Gasteiger partial charge in [-0.1, -0.05) is 13.8 Å². The highest BCUT2D eigenvalue weighted by molar-refractivity contribution is 5.83. The van der Waals surface area contributed by atoms with Crippen LogP contribution in [0.2, 0.25) is 0 Å². The van der Waals surface area contributed by atoms with E-state index in [0.717, 1.165) is 43.2 Å². The normalized spacial score (nSPS) is 15.1. The van der Waals surface area contributed by atoms with Gasteiger partial charge >= 0.3 is 5.97 Å². The maximum Gasteiger partial charge on any atom is 0.307 e. The number of carboxylic acids is 1. The largest absolute Gasteiger partial charge is 0.492 e. The molecule has 1 fully saturated rings. The average Bonchev–Trinajstić information content (AvgIpc) is 2.80. The number of ether oxygens (including phenoxy) is 1. The zero-order valence-electron chi connectivity index (χ0n) is 20.9. The Morgan fingerprint density at radius 3 is 2.39 bits per heavy atom. The van der Waals surface area contributed by atoms with Crippen LogP contribution in [0.4, 0.5) is 14.5 Å². The molecule has 0 atom stereocenters. The molecule has 0 bridgehead atoms. The summed E-state index contributed by atoms with van der Waals surface area (Å²) >= 11 is 0. The number of hydrogen-bond donors (Lipinski definition) is 1. The summed E-state index contributed by atoms with van der Waals surface area (Å²) in [5.41, 5.74) is 4.53. The van der Waals surface area contributed by atoms with E-state index < -0.39 is 17.6 Å². The molecule has 1 aliphatic heterocycles. The van der Waals surface area contributed by atoms with E-state index in [0.29, 0.717) is 34.7 Å². The van der Waals surface area contributed by atoms with E-state index >= 15 is 0 Å². The van der Waals surface area contributed by atoms with Crippen molar-refractivity contribution in [1.82, 2.24) is 9.97 Å². The van der Waals surface area contributed by atoms with Gasteiger partial charge in [0.05, 0.1) is 30.6 Å². The summed E-state index contributed by atoms with van der Waals surface area (Å²) in [4.78, 5) is 23.0.